The lowest BCUT2D eigenvalue weighted by molar-refractivity contribution is -0.193. The van der Waals surface area contributed by atoms with E-state index in [1.807, 2.05) is 27.7 Å². The van der Waals surface area contributed by atoms with Crippen LogP contribution in [0.2, 0.25) is 10.0 Å². The van der Waals surface area contributed by atoms with Gasteiger partial charge in [-0.25, -0.2) is 0 Å². The third kappa shape index (κ3) is 3.76. The molecule has 0 aromatic heterocycles. The van der Waals surface area contributed by atoms with Gasteiger partial charge in [-0.05, 0) is 52.3 Å². The predicted octanol–water partition coefficient (Wildman–Crippen LogP) is 3.85. The highest BCUT2D eigenvalue weighted by Gasteiger charge is 2.51. The van der Waals surface area contributed by atoms with Gasteiger partial charge in [0, 0.05) is 11.2 Å². The molecule has 24 heavy (non-hydrogen) atoms. The van der Waals surface area contributed by atoms with E-state index < -0.39 is 5.54 Å². The monoisotopic (exact) mass is 369 g/mol. The molecule has 0 radical (unpaired) electrons. The van der Waals surface area contributed by atoms with E-state index in [9.17, 15) is 5.21 Å². The largest absolute Gasteiger partial charge is 0.350 e. The minimum atomic E-state index is -0.529. The van der Waals surface area contributed by atoms with Gasteiger partial charge in [0.05, 0.1) is 21.6 Å². The van der Waals surface area contributed by atoms with Gasteiger partial charge in [0.2, 0.25) is 12.2 Å². The van der Waals surface area contributed by atoms with Gasteiger partial charge in [0.15, 0.2) is 0 Å². The molecule has 0 aliphatic carbocycles. The van der Waals surface area contributed by atoms with E-state index in [-0.39, 0.29) is 11.6 Å². The smallest absolute Gasteiger partial charge is 0.212 e. The first-order chi connectivity index (χ1) is 11.1. The van der Waals surface area contributed by atoms with E-state index in [2.05, 4.69) is 15.6 Å². The summed E-state index contributed by atoms with van der Waals surface area (Å²) in [6.07, 6.45) is 2.46. The number of guanidine groups is 1. The molecule has 1 aliphatic heterocycles. The van der Waals surface area contributed by atoms with Crippen molar-refractivity contribution < 1.29 is 5.21 Å². The number of nitrogens with one attached hydrogen (secondary N) is 2. The van der Waals surface area contributed by atoms with E-state index >= 15 is 0 Å². The number of hydrogen-bond acceptors (Lipinski definition) is 4. The number of nitrogens with zero attached hydrogens (tertiary/aromatic N) is 3. The fourth-order valence-electron chi connectivity index (χ4n) is 3.01. The van der Waals surface area contributed by atoms with Gasteiger partial charge in [0.1, 0.15) is 0 Å². The minimum Gasteiger partial charge on any atom is -0.350 e. The van der Waals surface area contributed by atoms with Crippen LogP contribution in [-0.2, 0) is 0 Å². The van der Waals surface area contributed by atoms with E-state index in [0.717, 1.165) is 0 Å². The van der Waals surface area contributed by atoms with Gasteiger partial charge < -0.3 is 15.8 Å². The number of halogens is 2. The molecule has 1 heterocycles. The van der Waals surface area contributed by atoms with Crippen LogP contribution in [0.5, 0.6) is 0 Å². The standard InChI is InChI=1S/C16H21Cl2N5O/c1-15(2)8-13(16(3,4)23(15)24)22-14(20-9-19)21-10-5-6-11(17)12(18)7-10/h5-7,13,24H,8H2,1-4H3,(H2,20,21,22). The number of nitriles is 1. The Morgan fingerprint density at radius 3 is 2.50 bits per heavy atom. The Bertz CT molecular complexity index is 696. The number of benzene rings is 1. The lowest BCUT2D eigenvalue weighted by Gasteiger charge is -2.36. The fraction of sp³-hybridized carbons (Fsp3) is 0.500. The van der Waals surface area contributed by atoms with Gasteiger partial charge in [-0.2, -0.15) is 10.3 Å². The van der Waals surface area contributed by atoms with Crippen LogP contribution in [0.25, 0.3) is 0 Å². The van der Waals surface area contributed by atoms with Crippen LogP contribution in [0.1, 0.15) is 34.1 Å². The molecule has 6 nitrogen and oxygen atoms in total. The Kier molecular flexibility index (Phi) is 5.31. The SMILES string of the molecule is CC1(C)CC(N/C(=N/C#N)Nc2ccc(Cl)c(Cl)c2)C(C)(C)N1O. The highest BCUT2D eigenvalue weighted by atomic mass is 35.5. The Balaban J connectivity index is 2.19. The molecular formula is C16H21Cl2N5O. The quantitative estimate of drug-likeness (QED) is 0.418. The average Bonchev–Trinajstić information content (AvgIpc) is 2.63. The Morgan fingerprint density at radius 2 is 2.00 bits per heavy atom. The highest BCUT2D eigenvalue weighted by Crippen LogP contribution is 2.39. The molecule has 8 heteroatoms. The summed E-state index contributed by atoms with van der Waals surface area (Å²) < 4.78 is 0. The molecule has 1 aromatic carbocycles. The lowest BCUT2D eigenvalue weighted by atomic mass is 9.94. The number of anilines is 1. The van der Waals surface area contributed by atoms with Crippen molar-refractivity contribution in [3.63, 3.8) is 0 Å². The van der Waals surface area contributed by atoms with Crippen LogP contribution in [0.3, 0.4) is 0 Å². The lowest BCUT2D eigenvalue weighted by Crippen LogP contribution is -2.54. The van der Waals surface area contributed by atoms with Gasteiger partial charge >= 0.3 is 0 Å². The number of hydrogen-bond donors (Lipinski definition) is 3. The molecule has 130 valence electrons. The molecule has 0 amide bonds. The molecule has 1 aliphatic rings. The molecule has 1 saturated heterocycles. The first-order valence-electron chi connectivity index (χ1n) is 7.52. The summed E-state index contributed by atoms with van der Waals surface area (Å²) in [6.45, 7) is 7.79. The molecular weight excluding hydrogens is 349 g/mol. The minimum absolute atomic E-state index is 0.111. The maximum atomic E-state index is 10.4. The van der Waals surface area contributed by atoms with Crippen LogP contribution >= 0.6 is 23.2 Å². The van der Waals surface area contributed by atoms with Crippen LogP contribution in [0, 0.1) is 11.5 Å². The number of aliphatic imine (C=N–C) groups is 1. The number of hydroxylamine groups is 2. The van der Waals surface area contributed by atoms with Gasteiger partial charge in [-0.3, -0.25) is 0 Å². The molecule has 1 aromatic rings. The van der Waals surface area contributed by atoms with Gasteiger partial charge in [-0.15, -0.1) is 4.99 Å². The fourth-order valence-corrected chi connectivity index (χ4v) is 3.31. The zero-order valence-electron chi connectivity index (χ0n) is 14.1. The van der Waals surface area contributed by atoms with Crippen molar-refractivity contribution in [2.45, 2.75) is 51.2 Å². The second-order valence-electron chi connectivity index (χ2n) is 6.99. The van der Waals surface area contributed by atoms with Gasteiger partial charge in [0.25, 0.3) is 0 Å². The Morgan fingerprint density at radius 1 is 1.33 bits per heavy atom. The summed E-state index contributed by atoms with van der Waals surface area (Å²) in [5, 5.41) is 27.8. The zero-order valence-corrected chi connectivity index (χ0v) is 15.6. The third-order valence-corrected chi connectivity index (χ3v) is 5.07. The number of rotatable bonds is 2. The molecule has 1 unspecified atom stereocenters. The normalized spacial score (nSPS) is 22.9. The van der Waals surface area contributed by atoms with Crippen molar-refractivity contribution in [3.8, 4) is 6.19 Å². The first-order valence-corrected chi connectivity index (χ1v) is 8.28. The molecule has 0 spiro atoms. The van der Waals surface area contributed by atoms with E-state index in [0.29, 0.717) is 28.1 Å². The summed E-state index contributed by atoms with van der Waals surface area (Å²) in [7, 11) is 0. The molecule has 1 atom stereocenters. The van der Waals surface area contributed by atoms with Gasteiger partial charge in [-0.1, -0.05) is 23.2 Å². The topological polar surface area (TPSA) is 83.7 Å². The van der Waals surface area contributed by atoms with Crippen LogP contribution in [0.15, 0.2) is 23.2 Å². The van der Waals surface area contributed by atoms with Crippen molar-refractivity contribution in [1.82, 2.24) is 10.4 Å². The second-order valence-corrected chi connectivity index (χ2v) is 7.81. The second kappa shape index (κ2) is 6.77. The van der Waals surface area contributed by atoms with E-state index in [4.69, 9.17) is 28.5 Å². The van der Waals surface area contributed by atoms with E-state index in [1.165, 1.54) is 5.06 Å². The average molecular weight is 370 g/mol. The molecule has 0 bridgehead atoms. The Hall–Kier alpha value is -1.52. The maximum Gasteiger partial charge on any atom is 0.212 e. The highest BCUT2D eigenvalue weighted by molar-refractivity contribution is 6.42. The molecule has 0 saturated carbocycles. The van der Waals surface area contributed by atoms with Crippen LogP contribution in [0.4, 0.5) is 5.69 Å². The van der Waals surface area contributed by atoms with Crippen molar-refractivity contribution >= 4 is 34.8 Å². The predicted molar refractivity (Wildman–Crippen MR) is 96.5 cm³/mol. The van der Waals surface area contributed by atoms with Crippen molar-refractivity contribution in [2.75, 3.05) is 5.32 Å². The molecule has 3 N–H and O–H groups in total. The summed E-state index contributed by atoms with van der Waals surface area (Å²) in [4.78, 5) is 3.80. The first kappa shape index (κ1) is 18.8. The third-order valence-electron chi connectivity index (χ3n) is 4.33. The van der Waals surface area contributed by atoms with Crippen molar-refractivity contribution in [1.29, 1.82) is 5.26 Å². The van der Waals surface area contributed by atoms with Crippen LogP contribution < -0.4 is 10.6 Å². The maximum absolute atomic E-state index is 10.4. The van der Waals surface area contributed by atoms with E-state index in [1.54, 1.807) is 24.4 Å². The zero-order chi connectivity index (χ0) is 18.1. The summed E-state index contributed by atoms with van der Waals surface area (Å²) in [6, 6.07) is 4.94. The summed E-state index contributed by atoms with van der Waals surface area (Å²) in [5.41, 5.74) is -0.261. The summed E-state index contributed by atoms with van der Waals surface area (Å²) in [5.74, 6) is 0.292. The van der Waals surface area contributed by atoms with Crippen molar-refractivity contribution in [2.24, 2.45) is 4.99 Å². The van der Waals surface area contributed by atoms with Crippen molar-refractivity contribution in [3.05, 3.63) is 28.2 Å². The molecule has 2 rings (SSSR count). The van der Waals surface area contributed by atoms with Crippen LogP contribution in [-0.4, -0.2) is 33.3 Å². The summed E-state index contributed by atoms with van der Waals surface area (Å²) >= 11 is 11.9. The Labute approximate surface area is 152 Å². The molecule has 1 fully saturated rings.